The second-order valence-corrected chi connectivity index (χ2v) is 5.53. The van der Waals surface area contributed by atoms with Gasteiger partial charge < -0.3 is 10.1 Å². The van der Waals surface area contributed by atoms with Crippen LogP contribution in [0, 0.1) is 13.7 Å². The van der Waals surface area contributed by atoms with Crippen LogP contribution in [0.25, 0.3) is 0 Å². The lowest BCUT2D eigenvalue weighted by Gasteiger charge is -2.11. The lowest BCUT2D eigenvalue weighted by atomic mass is 10.1. The molecule has 0 atom stereocenters. The summed E-state index contributed by atoms with van der Waals surface area (Å²) in [4.78, 5) is 22.3. The van der Waals surface area contributed by atoms with Crippen molar-refractivity contribution < 1.29 is 23.2 Å². The Labute approximate surface area is 142 Å². The van der Waals surface area contributed by atoms with Gasteiger partial charge in [0.15, 0.2) is 0 Å². The maximum absolute atomic E-state index is 12.4. The van der Waals surface area contributed by atoms with Gasteiger partial charge in [0.1, 0.15) is 5.75 Å². The van der Waals surface area contributed by atoms with Crippen molar-refractivity contribution in [3.05, 3.63) is 61.7 Å². The molecule has 0 heterocycles. The van der Waals surface area contributed by atoms with Crippen molar-refractivity contribution in [1.82, 2.24) is 0 Å². The van der Waals surface area contributed by atoms with Gasteiger partial charge in [0, 0.05) is 21.4 Å². The first-order chi connectivity index (χ1) is 10.9. The highest BCUT2D eigenvalue weighted by Gasteiger charge is 2.20. The van der Waals surface area contributed by atoms with Gasteiger partial charge in [-0.25, -0.2) is 0 Å². The first-order valence-corrected chi connectivity index (χ1v) is 7.25. The molecule has 23 heavy (non-hydrogen) atoms. The largest absolute Gasteiger partial charge is 0.434 e. The number of amides is 1. The number of halogens is 3. The maximum atomic E-state index is 12.4. The second-order valence-electron chi connectivity index (χ2n) is 4.28. The number of alkyl halides is 2. The minimum atomic E-state index is -3.15. The van der Waals surface area contributed by atoms with E-state index in [-0.39, 0.29) is 5.56 Å². The van der Waals surface area contributed by atoms with Crippen LogP contribution in [-0.2, 0) is 0 Å². The first-order valence-electron chi connectivity index (χ1n) is 6.17. The Bertz CT molecular complexity index is 755. The first kappa shape index (κ1) is 17.1. The van der Waals surface area contributed by atoms with E-state index in [1.807, 2.05) is 22.6 Å². The van der Waals surface area contributed by atoms with Crippen LogP contribution in [0.5, 0.6) is 5.75 Å². The number of nitrogens with one attached hydrogen (secondary N) is 1. The number of anilines is 1. The molecule has 2 aromatic rings. The molecule has 0 spiro atoms. The van der Waals surface area contributed by atoms with E-state index in [4.69, 9.17) is 0 Å². The van der Waals surface area contributed by atoms with Crippen molar-refractivity contribution in [2.75, 3.05) is 5.32 Å². The Balaban J connectivity index is 2.35. The average molecular weight is 434 g/mol. The summed E-state index contributed by atoms with van der Waals surface area (Å²) in [6.45, 7) is -3.15. The molecule has 0 saturated heterocycles. The van der Waals surface area contributed by atoms with E-state index in [1.54, 1.807) is 24.3 Å². The van der Waals surface area contributed by atoms with Crippen LogP contribution >= 0.6 is 22.6 Å². The van der Waals surface area contributed by atoms with Gasteiger partial charge in [-0.05, 0) is 46.9 Å². The zero-order valence-corrected chi connectivity index (χ0v) is 13.5. The van der Waals surface area contributed by atoms with E-state index >= 15 is 0 Å². The van der Waals surface area contributed by atoms with Crippen molar-refractivity contribution >= 4 is 39.9 Å². The molecule has 0 aliphatic rings. The Hall–Kier alpha value is -2.30. The predicted molar refractivity (Wildman–Crippen MR) is 86.8 cm³/mol. The van der Waals surface area contributed by atoms with E-state index in [9.17, 15) is 23.7 Å². The Morgan fingerprint density at radius 1 is 1.26 bits per heavy atom. The number of hydrogen-bond donors (Lipinski definition) is 1. The summed E-state index contributed by atoms with van der Waals surface area (Å²) in [6.07, 6.45) is 0. The van der Waals surface area contributed by atoms with E-state index in [0.29, 0.717) is 5.69 Å². The third kappa shape index (κ3) is 4.58. The van der Waals surface area contributed by atoms with E-state index in [1.165, 1.54) is 0 Å². The molecule has 9 heteroatoms. The third-order valence-corrected chi connectivity index (χ3v) is 3.39. The predicted octanol–water partition coefficient (Wildman–Crippen LogP) is 4.05. The number of nitrogens with zero attached hydrogens (tertiary/aromatic N) is 1. The molecule has 6 nitrogen and oxygen atoms in total. The number of nitro benzene ring substituents is 1. The topological polar surface area (TPSA) is 81.5 Å². The Kier molecular flexibility index (Phi) is 5.42. The minimum absolute atomic E-state index is 0.349. The molecule has 0 aliphatic heterocycles. The highest BCUT2D eigenvalue weighted by atomic mass is 127. The number of ether oxygens (including phenoxy) is 1. The molecule has 0 radical (unpaired) electrons. The molecule has 0 saturated carbocycles. The molecule has 1 amide bonds. The summed E-state index contributed by atoms with van der Waals surface area (Å²) in [5.41, 5.74) is -0.325. The van der Waals surface area contributed by atoms with Crippen molar-refractivity contribution in [1.29, 1.82) is 0 Å². The lowest BCUT2D eigenvalue weighted by molar-refractivity contribution is -0.384. The molecular formula is C14H9F2IN2O4. The van der Waals surface area contributed by atoms with Gasteiger partial charge >= 0.3 is 6.61 Å². The quantitative estimate of drug-likeness (QED) is 0.438. The van der Waals surface area contributed by atoms with Gasteiger partial charge in [-0.15, -0.1) is 0 Å². The highest BCUT2D eigenvalue weighted by molar-refractivity contribution is 14.1. The van der Waals surface area contributed by atoms with Crippen LogP contribution in [0.15, 0.2) is 42.5 Å². The summed E-state index contributed by atoms with van der Waals surface area (Å²) in [5, 5.41) is 13.3. The molecule has 1 N–H and O–H groups in total. The SMILES string of the molecule is O=C(Nc1cccc(I)c1)c1cc([N+](=O)[O-])ccc1OC(F)F. The van der Waals surface area contributed by atoms with E-state index in [2.05, 4.69) is 10.1 Å². The molecule has 2 aromatic carbocycles. The monoisotopic (exact) mass is 434 g/mol. The minimum Gasteiger partial charge on any atom is -0.434 e. The van der Waals surface area contributed by atoms with Crippen LogP contribution in [0.3, 0.4) is 0 Å². The molecule has 120 valence electrons. The molecule has 0 unspecified atom stereocenters. The lowest BCUT2D eigenvalue weighted by Crippen LogP contribution is -2.15. The Morgan fingerprint density at radius 2 is 2.00 bits per heavy atom. The summed E-state index contributed by atoms with van der Waals surface area (Å²) in [6, 6.07) is 9.60. The summed E-state index contributed by atoms with van der Waals surface area (Å²) in [5.74, 6) is -1.22. The van der Waals surface area contributed by atoms with Crippen molar-refractivity contribution in [2.45, 2.75) is 6.61 Å². The highest BCUT2D eigenvalue weighted by Crippen LogP contribution is 2.27. The van der Waals surface area contributed by atoms with E-state index < -0.39 is 28.9 Å². The van der Waals surface area contributed by atoms with Gasteiger partial charge in [-0.1, -0.05) is 6.07 Å². The van der Waals surface area contributed by atoms with Crippen molar-refractivity contribution in [3.63, 3.8) is 0 Å². The number of rotatable bonds is 5. The molecule has 0 fully saturated rings. The second kappa shape index (κ2) is 7.31. The molecule has 0 aromatic heterocycles. The summed E-state index contributed by atoms with van der Waals surface area (Å²) < 4.78 is 29.9. The van der Waals surface area contributed by atoms with Crippen LogP contribution in [-0.4, -0.2) is 17.4 Å². The van der Waals surface area contributed by atoms with Crippen molar-refractivity contribution in [2.24, 2.45) is 0 Å². The zero-order chi connectivity index (χ0) is 17.0. The van der Waals surface area contributed by atoms with Crippen LogP contribution in [0.1, 0.15) is 10.4 Å². The van der Waals surface area contributed by atoms with E-state index in [0.717, 1.165) is 21.8 Å². The van der Waals surface area contributed by atoms with Gasteiger partial charge in [0.2, 0.25) is 0 Å². The van der Waals surface area contributed by atoms with Crippen LogP contribution in [0.2, 0.25) is 0 Å². The van der Waals surface area contributed by atoms with Crippen molar-refractivity contribution in [3.8, 4) is 5.75 Å². The number of nitro groups is 1. The number of non-ortho nitro benzene ring substituents is 1. The molecule has 0 aliphatic carbocycles. The van der Waals surface area contributed by atoms with Gasteiger partial charge in [0.25, 0.3) is 11.6 Å². The fourth-order valence-electron chi connectivity index (χ4n) is 1.77. The number of hydrogen-bond acceptors (Lipinski definition) is 4. The smallest absolute Gasteiger partial charge is 0.387 e. The fourth-order valence-corrected chi connectivity index (χ4v) is 2.32. The zero-order valence-electron chi connectivity index (χ0n) is 11.3. The number of benzene rings is 2. The van der Waals surface area contributed by atoms with Crippen LogP contribution in [0.4, 0.5) is 20.2 Å². The Morgan fingerprint density at radius 3 is 2.61 bits per heavy atom. The van der Waals surface area contributed by atoms with Gasteiger partial charge in [0.05, 0.1) is 10.5 Å². The standard InChI is InChI=1S/C14H9F2IN2O4/c15-14(16)23-12-5-4-10(19(21)22)7-11(12)13(20)18-9-3-1-2-8(17)6-9/h1-7,14H,(H,18,20). The molecule has 2 rings (SSSR count). The number of carbonyl (C=O) groups excluding carboxylic acids is 1. The van der Waals surface area contributed by atoms with Gasteiger partial charge in [-0.3, -0.25) is 14.9 Å². The fraction of sp³-hybridized carbons (Fsp3) is 0.0714. The maximum Gasteiger partial charge on any atom is 0.387 e. The molecular weight excluding hydrogens is 425 g/mol. The summed E-state index contributed by atoms with van der Waals surface area (Å²) in [7, 11) is 0. The third-order valence-electron chi connectivity index (χ3n) is 2.72. The number of carbonyl (C=O) groups is 1. The average Bonchev–Trinajstić information content (AvgIpc) is 2.46. The van der Waals surface area contributed by atoms with Gasteiger partial charge in [-0.2, -0.15) is 8.78 Å². The van der Waals surface area contributed by atoms with Crippen LogP contribution < -0.4 is 10.1 Å². The normalized spacial score (nSPS) is 10.4. The molecule has 0 bridgehead atoms. The summed E-state index contributed by atoms with van der Waals surface area (Å²) >= 11 is 2.04.